The van der Waals surface area contributed by atoms with Gasteiger partial charge in [-0.2, -0.15) is 0 Å². The number of nitrogens with one attached hydrogen (secondary N) is 1. The molecule has 0 radical (unpaired) electrons. The van der Waals surface area contributed by atoms with E-state index in [2.05, 4.69) is 48.3 Å². The number of ether oxygens (including phenoxy) is 1. The first kappa shape index (κ1) is 21.5. The third-order valence-corrected chi connectivity index (χ3v) is 6.20. The van der Waals surface area contributed by atoms with E-state index in [1.807, 2.05) is 31.2 Å². The zero-order valence-electron chi connectivity index (χ0n) is 18.6. The Morgan fingerprint density at radius 3 is 2.52 bits per heavy atom. The maximum Gasteiger partial charge on any atom is 0.252 e. The van der Waals surface area contributed by atoms with Gasteiger partial charge in [-0.3, -0.25) is 14.7 Å². The molecule has 0 saturated carbocycles. The fraction of sp³-hybridized carbons (Fsp3) is 0.385. The maximum absolute atomic E-state index is 13.4. The quantitative estimate of drug-likeness (QED) is 0.653. The SMILES string of the molecule is CCc1nc2ccccc2c(C(=O)NCC(c2ccc(C)cc2)N2CCOCC2)c1C. The van der Waals surface area contributed by atoms with Crippen molar-refractivity contribution in [2.75, 3.05) is 32.8 Å². The Balaban J connectivity index is 1.62. The van der Waals surface area contributed by atoms with Crippen LogP contribution in [0.3, 0.4) is 0 Å². The van der Waals surface area contributed by atoms with Gasteiger partial charge in [0.2, 0.25) is 0 Å². The smallest absolute Gasteiger partial charge is 0.252 e. The van der Waals surface area contributed by atoms with Crippen molar-refractivity contribution in [2.24, 2.45) is 0 Å². The number of aromatic nitrogens is 1. The number of hydrogen-bond acceptors (Lipinski definition) is 4. The number of benzene rings is 2. The van der Waals surface area contributed by atoms with Crippen LogP contribution in [0.5, 0.6) is 0 Å². The standard InChI is InChI=1S/C26H31N3O2/c1-4-22-19(3)25(21-7-5-6-8-23(21)28-22)26(30)27-17-24(29-13-15-31-16-14-29)20-11-9-18(2)10-12-20/h5-12,24H,4,13-17H2,1-3H3,(H,27,30). The van der Waals surface area contributed by atoms with Gasteiger partial charge < -0.3 is 10.1 Å². The van der Waals surface area contributed by atoms with E-state index in [1.54, 1.807) is 0 Å². The van der Waals surface area contributed by atoms with E-state index in [9.17, 15) is 4.79 Å². The van der Waals surface area contributed by atoms with Gasteiger partial charge in [0.05, 0.1) is 30.3 Å². The van der Waals surface area contributed by atoms with Crippen molar-refractivity contribution in [1.29, 1.82) is 0 Å². The second-order valence-corrected chi connectivity index (χ2v) is 8.21. The summed E-state index contributed by atoms with van der Waals surface area (Å²) in [5, 5.41) is 4.15. The number of amides is 1. The summed E-state index contributed by atoms with van der Waals surface area (Å²) < 4.78 is 5.55. The molecule has 0 bridgehead atoms. The van der Waals surface area contributed by atoms with Crippen LogP contribution in [0, 0.1) is 13.8 Å². The molecule has 2 aromatic carbocycles. The summed E-state index contributed by atoms with van der Waals surface area (Å²) >= 11 is 0. The lowest BCUT2D eigenvalue weighted by Crippen LogP contribution is -2.44. The van der Waals surface area contributed by atoms with Crippen molar-refractivity contribution < 1.29 is 9.53 Å². The molecule has 1 aliphatic heterocycles. The summed E-state index contributed by atoms with van der Waals surface area (Å²) in [6.07, 6.45) is 0.802. The number of pyridine rings is 1. The Kier molecular flexibility index (Phi) is 6.64. The molecule has 1 aromatic heterocycles. The molecule has 1 fully saturated rings. The van der Waals surface area contributed by atoms with E-state index >= 15 is 0 Å². The fourth-order valence-electron chi connectivity index (χ4n) is 4.41. The van der Waals surface area contributed by atoms with Gasteiger partial charge in [0.1, 0.15) is 0 Å². The first-order chi connectivity index (χ1) is 15.1. The highest BCUT2D eigenvalue weighted by atomic mass is 16.5. The summed E-state index contributed by atoms with van der Waals surface area (Å²) in [5.41, 5.74) is 6.02. The van der Waals surface area contributed by atoms with E-state index in [4.69, 9.17) is 9.72 Å². The molecule has 1 unspecified atom stereocenters. The number of aryl methyl sites for hydroxylation is 2. The maximum atomic E-state index is 13.4. The lowest BCUT2D eigenvalue weighted by atomic mass is 9.99. The number of carbonyl (C=O) groups is 1. The predicted octanol–water partition coefficient (Wildman–Crippen LogP) is 4.22. The van der Waals surface area contributed by atoms with E-state index < -0.39 is 0 Å². The number of fused-ring (bicyclic) bond motifs is 1. The van der Waals surface area contributed by atoms with Crippen molar-refractivity contribution >= 4 is 16.8 Å². The van der Waals surface area contributed by atoms with Crippen LogP contribution in [-0.4, -0.2) is 48.6 Å². The molecular weight excluding hydrogens is 386 g/mol. The molecule has 1 aliphatic rings. The average Bonchev–Trinajstić information content (AvgIpc) is 2.80. The molecule has 1 saturated heterocycles. The molecule has 5 heteroatoms. The van der Waals surface area contributed by atoms with Gasteiger partial charge >= 0.3 is 0 Å². The van der Waals surface area contributed by atoms with Gasteiger partial charge in [-0.15, -0.1) is 0 Å². The summed E-state index contributed by atoms with van der Waals surface area (Å²) in [6, 6.07) is 16.6. The number of para-hydroxylation sites is 1. The van der Waals surface area contributed by atoms with Crippen LogP contribution in [-0.2, 0) is 11.2 Å². The van der Waals surface area contributed by atoms with Gasteiger partial charge in [-0.05, 0) is 37.5 Å². The topological polar surface area (TPSA) is 54.5 Å². The van der Waals surface area contributed by atoms with Gasteiger partial charge in [0.25, 0.3) is 5.91 Å². The number of nitrogens with zero attached hydrogens (tertiary/aromatic N) is 2. The third kappa shape index (κ3) is 4.63. The number of hydrogen-bond donors (Lipinski definition) is 1. The normalized spacial score (nSPS) is 15.7. The Labute approximate surface area is 184 Å². The van der Waals surface area contributed by atoms with Crippen LogP contribution in [0.25, 0.3) is 10.9 Å². The molecule has 0 spiro atoms. The van der Waals surface area contributed by atoms with Crippen LogP contribution in [0.15, 0.2) is 48.5 Å². The summed E-state index contributed by atoms with van der Waals surface area (Å²) in [4.78, 5) is 20.6. The second kappa shape index (κ2) is 9.58. The molecule has 31 heavy (non-hydrogen) atoms. The number of carbonyl (C=O) groups excluding carboxylic acids is 1. The van der Waals surface area contributed by atoms with Gasteiger partial charge in [-0.1, -0.05) is 55.0 Å². The zero-order chi connectivity index (χ0) is 21.8. The molecule has 0 aliphatic carbocycles. The molecular formula is C26H31N3O2. The van der Waals surface area contributed by atoms with Gasteiger partial charge in [0, 0.05) is 30.7 Å². The first-order valence-electron chi connectivity index (χ1n) is 11.1. The Morgan fingerprint density at radius 2 is 1.81 bits per heavy atom. The van der Waals surface area contributed by atoms with Crippen LogP contribution < -0.4 is 5.32 Å². The molecule has 162 valence electrons. The Hall–Kier alpha value is -2.76. The van der Waals surface area contributed by atoms with Crippen LogP contribution in [0.4, 0.5) is 0 Å². The number of morpholine rings is 1. The summed E-state index contributed by atoms with van der Waals surface area (Å²) in [6.45, 7) is 9.92. The largest absolute Gasteiger partial charge is 0.379 e. The second-order valence-electron chi connectivity index (χ2n) is 8.21. The van der Waals surface area contributed by atoms with E-state index in [0.29, 0.717) is 6.54 Å². The van der Waals surface area contributed by atoms with Gasteiger partial charge in [-0.25, -0.2) is 0 Å². The molecule has 3 aromatic rings. The summed E-state index contributed by atoms with van der Waals surface area (Å²) in [7, 11) is 0. The summed E-state index contributed by atoms with van der Waals surface area (Å²) in [5.74, 6) is -0.0313. The van der Waals surface area contributed by atoms with Crippen LogP contribution >= 0.6 is 0 Å². The molecule has 2 heterocycles. The molecule has 1 amide bonds. The van der Waals surface area contributed by atoms with Crippen molar-refractivity contribution in [3.05, 3.63) is 76.5 Å². The van der Waals surface area contributed by atoms with E-state index in [1.165, 1.54) is 11.1 Å². The minimum atomic E-state index is -0.0313. The molecule has 5 nitrogen and oxygen atoms in total. The van der Waals surface area contributed by atoms with Crippen LogP contribution in [0.1, 0.15) is 45.7 Å². The fourth-order valence-corrected chi connectivity index (χ4v) is 4.41. The van der Waals surface area contributed by atoms with Gasteiger partial charge in [0.15, 0.2) is 0 Å². The lowest BCUT2D eigenvalue weighted by Gasteiger charge is -2.35. The lowest BCUT2D eigenvalue weighted by molar-refractivity contribution is 0.0162. The molecule has 4 rings (SSSR count). The van der Waals surface area contributed by atoms with Crippen molar-refractivity contribution in [3.63, 3.8) is 0 Å². The predicted molar refractivity (Wildman–Crippen MR) is 125 cm³/mol. The van der Waals surface area contributed by atoms with Crippen molar-refractivity contribution in [3.8, 4) is 0 Å². The molecule has 1 N–H and O–H groups in total. The first-order valence-corrected chi connectivity index (χ1v) is 11.1. The van der Waals surface area contributed by atoms with Crippen molar-refractivity contribution in [2.45, 2.75) is 33.2 Å². The molecule has 1 atom stereocenters. The Morgan fingerprint density at radius 1 is 1.10 bits per heavy atom. The van der Waals surface area contributed by atoms with E-state index in [-0.39, 0.29) is 11.9 Å². The minimum absolute atomic E-state index is 0.0313. The van der Waals surface area contributed by atoms with Crippen LogP contribution in [0.2, 0.25) is 0 Å². The highest BCUT2D eigenvalue weighted by Crippen LogP contribution is 2.25. The van der Waals surface area contributed by atoms with E-state index in [0.717, 1.165) is 60.4 Å². The Bertz CT molecular complexity index is 1060. The highest BCUT2D eigenvalue weighted by Gasteiger charge is 2.24. The monoisotopic (exact) mass is 417 g/mol. The minimum Gasteiger partial charge on any atom is -0.379 e. The third-order valence-electron chi connectivity index (χ3n) is 6.20. The number of rotatable bonds is 6. The average molecular weight is 418 g/mol. The zero-order valence-corrected chi connectivity index (χ0v) is 18.6. The highest BCUT2D eigenvalue weighted by molar-refractivity contribution is 6.07. The van der Waals surface area contributed by atoms with Crippen molar-refractivity contribution in [1.82, 2.24) is 15.2 Å².